The number of ether oxygens (including phenoxy) is 2. The summed E-state index contributed by atoms with van der Waals surface area (Å²) >= 11 is 1.15. The smallest absolute Gasteiger partial charge is 0.349 e. The topological polar surface area (TPSA) is 64.6 Å². The molecule has 0 bridgehead atoms. The van der Waals surface area contributed by atoms with E-state index in [0.717, 1.165) is 24.2 Å². The molecule has 2 aromatic rings. The van der Waals surface area contributed by atoms with Gasteiger partial charge >= 0.3 is 5.97 Å². The summed E-state index contributed by atoms with van der Waals surface area (Å²) in [4.78, 5) is 25.1. The molecule has 0 unspecified atom stereocenters. The number of hydrogen-bond donors (Lipinski definition) is 1. The number of carbonyl (C=O) groups excluding carboxylic acids is 2. The molecule has 1 aliphatic carbocycles. The van der Waals surface area contributed by atoms with E-state index in [2.05, 4.69) is 19.2 Å². The first-order valence-electron chi connectivity index (χ1n) is 9.57. The number of carbonyl (C=O) groups is 2. The molecule has 0 saturated heterocycles. The van der Waals surface area contributed by atoms with Crippen molar-refractivity contribution in [2.45, 2.75) is 45.8 Å². The number of esters is 1. The largest absolute Gasteiger partial charge is 0.451 e. The number of benzene rings is 1. The number of nitrogens with one attached hydrogen (secondary N) is 1. The van der Waals surface area contributed by atoms with Crippen LogP contribution in [0.2, 0.25) is 0 Å². The van der Waals surface area contributed by atoms with Crippen LogP contribution in [0.3, 0.4) is 0 Å². The van der Waals surface area contributed by atoms with Crippen LogP contribution in [0.5, 0.6) is 0 Å². The van der Waals surface area contributed by atoms with Gasteiger partial charge in [-0.05, 0) is 30.4 Å². The van der Waals surface area contributed by atoms with Gasteiger partial charge in [0.2, 0.25) is 0 Å². The Bertz CT molecular complexity index is 865. The molecule has 1 fully saturated rings. The van der Waals surface area contributed by atoms with Crippen LogP contribution in [0.1, 0.15) is 48.3 Å². The van der Waals surface area contributed by atoms with E-state index in [1.807, 2.05) is 0 Å². The number of hydrogen-bond acceptors (Lipinski definition) is 5. The first-order valence-corrected chi connectivity index (χ1v) is 10.4. The summed E-state index contributed by atoms with van der Waals surface area (Å²) < 4.78 is 25.2. The maximum absolute atomic E-state index is 14.2. The highest BCUT2D eigenvalue weighted by Gasteiger charge is 2.28. The molecular weight excluding hydrogens is 381 g/mol. The molecule has 1 aromatic heterocycles. The Morgan fingerprint density at radius 1 is 1.29 bits per heavy atom. The second kappa shape index (κ2) is 9.01. The molecule has 28 heavy (non-hydrogen) atoms. The molecule has 1 N–H and O–H groups in total. The van der Waals surface area contributed by atoms with Crippen LogP contribution in [0.4, 0.5) is 4.39 Å². The fourth-order valence-corrected chi connectivity index (χ4v) is 4.96. The minimum atomic E-state index is -0.632. The molecule has 5 nitrogen and oxygen atoms in total. The summed E-state index contributed by atoms with van der Waals surface area (Å²) in [7, 11) is 1.49. The summed E-state index contributed by atoms with van der Waals surface area (Å²) in [6, 6.07) is 4.80. The molecule has 3 atom stereocenters. The van der Waals surface area contributed by atoms with Crippen molar-refractivity contribution in [3.63, 3.8) is 0 Å². The zero-order valence-corrected chi connectivity index (χ0v) is 17.2. The monoisotopic (exact) mass is 407 g/mol. The van der Waals surface area contributed by atoms with E-state index in [9.17, 15) is 14.0 Å². The molecular formula is C21H26FNO4S. The maximum atomic E-state index is 14.2. The Kier molecular flexibility index (Phi) is 6.67. The van der Waals surface area contributed by atoms with Gasteiger partial charge in [0.25, 0.3) is 5.91 Å². The van der Waals surface area contributed by atoms with Gasteiger partial charge in [-0.25, -0.2) is 9.18 Å². The second-order valence-electron chi connectivity index (χ2n) is 7.47. The second-order valence-corrected chi connectivity index (χ2v) is 8.53. The minimum absolute atomic E-state index is 0.0923. The van der Waals surface area contributed by atoms with Gasteiger partial charge in [-0.2, -0.15) is 0 Å². The average molecular weight is 408 g/mol. The SMILES string of the molecule is COCc1c(C(=O)OCC(=O)N[C@@H]2CCC[C@H](C)[C@H]2C)sc2cccc(F)c12. The predicted octanol–water partition coefficient (Wildman–Crippen LogP) is 4.28. The molecule has 1 heterocycles. The molecule has 0 aliphatic heterocycles. The third-order valence-electron chi connectivity index (χ3n) is 5.62. The van der Waals surface area contributed by atoms with Crippen LogP contribution in [-0.2, 0) is 20.9 Å². The van der Waals surface area contributed by atoms with Crippen LogP contribution in [0.15, 0.2) is 18.2 Å². The normalized spacial score (nSPS) is 22.2. The summed E-state index contributed by atoms with van der Waals surface area (Å²) in [5, 5.41) is 3.35. The van der Waals surface area contributed by atoms with Crippen molar-refractivity contribution in [1.29, 1.82) is 0 Å². The lowest BCUT2D eigenvalue weighted by Gasteiger charge is -2.34. The molecule has 1 aromatic carbocycles. The molecule has 0 radical (unpaired) electrons. The maximum Gasteiger partial charge on any atom is 0.349 e. The molecule has 1 amide bonds. The zero-order valence-electron chi connectivity index (χ0n) is 16.4. The van der Waals surface area contributed by atoms with Gasteiger partial charge in [-0.1, -0.05) is 32.8 Å². The molecule has 152 valence electrons. The summed E-state index contributed by atoms with van der Waals surface area (Å²) in [5.41, 5.74) is 0.459. The van der Waals surface area contributed by atoms with E-state index in [0.29, 0.717) is 27.5 Å². The Labute approximate surface area is 168 Å². The van der Waals surface area contributed by atoms with Gasteiger partial charge in [0.1, 0.15) is 10.7 Å². The number of thiophene rings is 1. The first kappa shape index (κ1) is 20.7. The van der Waals surface area contributed by atoms with Crippen LogP contribution in [0.25, 0.3) is 10.1 Å². The van der Waals surface area contributed by atoms with Gasteiger partial charge in [0.15, 0.2) is 6.61 Å². The number of methoxy groups -OCH3 is 1. The zero-order chi connectivity index (χ0) is 20.3. The Hall–Kier alpha value is -1.99. The third kappa shape index (κ3) is 4.36. The van der Waals surface area contributed by atoms with Gasteiger partial charge in [-0.3, -0.25) is 4.79 Å². The molecule has 3 rings (SSSR count). The summed E-state index contributed by atoms with van der Waals surface area (Å²) in [6.07, 6.45) is 3.20. The molecule has 0 spiro atoms. The fourth-order valence-electron chi connectivity index (χ4n) is 3.85. The summed E-state index contributed by atoms with van der Waals surface area (Å²) in [5.74, 6) is -0.385. The lowest BCUT2D eigenvalue weighted by Crippen LogP contribution is -2.45. The van der Waals surface area contributed by atoms with E-state index >= 15 is 0 Å². The van der Waals surface area contributed by atoms with Crippen LogP contribution in [-0.4, -0.2) is 31.6 Å². The van der Waals surface area contributed by atoms with Crippen molar-refractivity contribution in [1.82, 2.24) is 5.32 Å². The van der Waals surface area contributed by atoms with Crippen LogP contribution < -0.4 is 5.32 Å². The number of rotatable bonds is 6. The molecule has 1 saturated carbocycles. The standard InChI is InChI=1S/C21H26FNO4S/c1-12-6-4-8-16(13(12)2)23-18(24)11-27-21(25)20-14(10-26-3)19-15(22)7-5-9-17(19)28-20/h5,7,9,12-13,16H,4,6,8,10-11H2,1-3H3,(H,23,24)/t12-,13+,16+/m0/s1. The van der Waals surface area contributed by atoms with Crippen LogP contribution in [0, 0.1) is 17.7 Å². The quantitative estimate of drug-likeness (QED) is 0.726. The van der Waals surface area contributed by atoms with Gasteiger partial charge in [0.05, 0.1) is 6.61 Å². The van der Waals surface area contributed by atoms with Crippen molar-refractivity contribution in [2.75, 3.05) is 13.7 Å². The van der Waals surface area contributed by atoms with Crippen molar-refractivity contribution in [2.24, 2.45) is 11.8 Å². The Morgan fingerprint density at radius 2 is 2.07 bits per heavy atom. The molecule has 1 aliphatic rings. The average Bonchev–Trinajstić information content (AvgIpc) is 3.04. The van der Waals surface area contributed by atoms with E-state index in [1.54, 1.807) is 12.1 Å². The predicted molar refractivity (Wildman–Crippen MR) is 107 cm³/mol. The minimum Gasteiger partial charge on any atom is -0.451 e. The Morgan fingerprint density at radius 3 is 2.82 bits per heavy atom. The highest BCUT2D eigenvalue weighted by molar-refractivity contribution is 7.21. The summed E-state index contributed by atoms with van der Waals surface area (Å²) in [6.45, 7) is 4.08. The van der Waals surface area contributed by atoms with Gasteiger partial charge in [-0.15, -0.1) is 11.3 Å². The van der Waals surface area contributed by atoms with Crippen molar-refractivity contribution in [3.05, 3.63) is 34.5 Å². The number of fused-ring (bicyclic) bond motifs is 1. The van der Waals surface area contributed by atoms with Crippen molar-refractivity contribution < 1.29 is 23.5 Å². The van der Waals surface area contributed by atoms with Crippen molar-refractivity contribution >= 4 is 33.3 Å². The number of halogens is 1. The van der Waals surface area contributed by atoms with E-state index < -0.39 is 11.8 Å². The van der Waals surface area contributed by atoms with Gasteiger partial charge < -0.3 is 14.8 Å². The van der Waals surface area contributed by atoms with E-state index in [4.69, 9.17) is 9.47 Å². The Balaban J connectivity index is 1.67. The fraction of sp³-hybridized carbons (Fsp3) is 0.524. The van der Waals surface area contributed by atoms with Crippen molar-refractivity contribution in [3.8, 4) is 0 Å². The highest BCUT2D eigenvalue weighted by atomic mass is 32.1. The highest BCUT2D eigenvalue weighted by Crippen LogP contribution is 2.34. The first-order chi connectivity index (χ1) is 13.4. The lowest BCUT2D eigenvalue weighted by molar-refractivity contribution is -0.125. The lowest BCUT2D eigenvalue weighted by atomic mass is 9.78. The van der Waals surface area contributed by atoms with E-state index in [-0.39, 0.29) is 30.0 Å². The third-order valence-corrected chi connectivity index (χ3v) is 6.80. The number of amides is 1. The molecule has 7 heteroatoms. The van der Waals surface area contributed by atoms with E-state index in [1.165, 1.54) is 19.6 Å². The van der Waals surface area contributed by atoms with Gasteiger partial charge in [0, 0.05) is 28.8 Å². The van der Waals surface area contributed by atoms with Crippen LogP contribution >= 0.6 is 11.3 Å².